The molecule has 0 aliphatic carbocycles. The van der Waals surface area contributed by atoms with Crippen molar-refractivity contribution in [2.45, 2.75) is 0 Å². The minimum atomic E-state index is -0.356. The molecule has 0 heterocycles. The van der Waals surface area contributed by atoms with E-state index in [0.29, 0.717) is 16.8 Å². The van der Waals surface area contributed by atoms with Gasteiger partial charge in [-0.25, -0.2) is 5.43 Å². The Morgan fingerprint density at radius 2 is 1.52 bits per heavy atom. The van der Waals surface area contributed by atoms with E-state index in [2.05, 4.69) is 31.6 Å². The highest BCUT2D eigenvalue weighted by Crippen LogP contribution is 2.19. The minimum Gasteiger partial charge on any atom is -0.411 e. The van der Waals surface area contributed by atoms with Gasteiger partial charge in [-0.2, -0.15) is 5.10 Å². The fraction of sp³-hybridized carbons (Fsp3) is 0. The van der Waals surface area contributed by atoms with E-state index < -0.39 is 0 Å². The van der Waals surface area contributed by atoms with Crippen LogP contribution in [-0.2, 0) is 0 Å². The van der Waals surface area contributed by atoms with Gasteiger partial charge in [0, 0.05) is 15.6 Å². The van der Waals surface area contributed by atoms with Crippen molar-refractivity contribution >= 4 is 33.8 Å². The van der Waals surface area contributed by atoms with Gasteiger partial charge in [0.1, 0.15) is 5.71 Å². The summed E-state index contributed by atoms with van der Waals surface area (Å²) in [4.78, 5) is 12.4. The summed E-state index contributed by atoms with van der Waals surface area (Å²) in [5.74, 6) is -0.356. The molecule has 27 heavy (non-hydrogen) atoms. The van der Waals surface area contributed by atoms with Crippen LogP contribution in [0.1, 0.15) is 15.9 Å². The normalized spacial score (nSPS) is 11.5. The van der Waals surface area contributed by atoms with E-state index in [1.807, 2.05) is 60.7 Å². The number of carbonyl (C=O) groups is 1. The average Bonchev–Trinajstić information content (AvgIpc) is 2.72. The molecule has 134 valence electrons. The van der Waals surface area contributed by atoms with Crippen LogP contribution in [0.3, 0.4) is 0 Å². The van der Waals surface area contributed by atoms with E-state index in [1.54, 1.807) is 18.2 Å². The molecule has 0 spiro atoms. The number of hydrogen-bond donors (Lipinski definition) is 2. The van der Waals surface area contributed by atoms with Crippen LogP contribution in [0.2, 0.25) is 0 Å². The third-order valence-electron chi connectivity index (χ3n) is 3.86. The highest BCUT2D eigenvalue weighted by molar-refractivity contribution is 9.10. The van der Waals surface area contributed by atoms with E-state index in [4.69, 9.17) is 5.21 Å². The van der Waals surface area contributed by atoms with Crippen LogP contribution in [0.15, 0.2) is 93.6 Å². The maximum atomic E-state index is 12.4. The van der Waals surface area contributed by atoms with Gasteiger partial charge in [-0.1, -0.05) is 81.7 Å². The van der Waals surface area contributed by atoms with Crippen molar-refractivity contribution in [3.05, 3.63) is 94.5 Å². The van der Waals surface area contributed by atoms with Gasteiger partial charge in [0.2, 0.25) is 0 Å². The van der Waals surface area contributed by atoms with Gasteiger partial charge in [-0.05, 0) is 29.3 Å². The molecule has 6 heteroatoms. The van der Waals surface area contributed by atoms with Gasteiger partial charge in [-0.3, -0.25) is 4.79 Å². The summed E-state index contributed by atoms with van der Waals surface area (Å²) in [6.45, 7) is 0. The zero-order valence-electron chi connectivity index (χ0n) is 14.2. The van der Waals surface area contributed by atoms with Crippen molar-refractivity contribution in [3.63, 3.8) is 0 Å². The van der Waals surface area contributed by atoms with Gasteiger partial charge in [0.15, 0.2) is 0 Å². The molecule has 5 nitrogen and oxygen atoms in total. The third kappa shape index (κ3) is 4.68. The fourth-order valence-corrected chi connectivity index (χ4v) is 2.99. The molecule has 2 N–H and O–H groups in total. The predicted octanol–water partition coefficient (Wildman–Crippen LogP) is 4.71. The molecule has 0 aliphatic rings. The monoisotopic (exact) mass is 421 g/mol. The van der Waals surface area contributed by atoms with E-state index in [9.17, 15) is 4.79 Å². The Balaban J connectivity index is 1.78. The number of carbonyl (C=O) groups excluding carboxylic acids is 1. The predicted molar refractivity (Wildman–Crippen MR) is 110 cm³/mol. The molecule has 0 bridgehead atoms. The maximum Gasteiger partial charge on any atom is 0.271 e. The van der Waals surface area contributed by atoms with Crippen LogP contribution in [-0.4, -0.2) is 23.0 Å². The first kappa shape index (κ1) is 18.5. The Morgan fingerprint density at radius 3 is 2.19 bits per heavy atom. The topological polar surface area (TPSA) is 74.0 Å². The molecule has 3 rings (SSSR count). The number of amides is 1. The largest absolute Gasteiger partial charge is 0.411 e. The fourth-order valence-electron chi connectivity index (χ4n) is 2.50. The van der Waals surface area contributed by atoms with Gasteiger partial charge < -0.3 is 5.21 Å². The Bertz CT molecular complexity index is 984. The molecule has 0 unspecified atom stereocenters. The summed E-state index contributed by atoms with van der Waals surface area (Å²) in [6, 6.07) is 24.5. The van der Waals surface area contributed by atoms with E-state index >= 15 is 0 Å². The second-order valence-corrected chi connectivity index (χ2v) is 6.46. The van der Waals surface area contributed by atoms with Gasteiger partial charge in [0.05, 0.1) is 6.21 Å². The van der Waals surface area contributed by atoms with Crippen LogP contribution in [0.25, 0.3) is 11.1 Å². The van der Waals surface area contributed by atoms with E-state index in [-0.39, 0.29) is 5.91 Å². The molecule has 3 aromatic rings. The molecule has 0 atom stereocenters. The lowest BCUT2D eigenvalue weighted by Crippen LogP contribution is -2.20. The van der Waals surface area contributed by atoms with Crippen LogP contribution in [0, 0.1) is 0 Å². The summed E-state index contributed by atoms with van der Waals surface area (Å²) >= 11 is 3.41. The number of benzene rings is 3. The minimum absolute atomic E-state index is 0.319. The van der Waals surface area contributed by atoms with E-state index in [0.717, 1.165) is 15.6 Å². The van der Waals surface area contributed by atoms with Gasteiger partial charge in [0.25, 0.3) is 5.91 Å². The number of nitrogens with zero attached hydrogens (tertiary/aromatic N) is 2. The van der Waals surface area contributed by atoms with Crippen molar-refractivity contribution in [2.24, 2.45) is 10.3 Å². The van der Waals surface area contributed by atoms with Crippen molar-refractivity contribution in [1.82, 2.24) is 5.43 Å². The molecule has 0 fully saturated rings. The maximum absolute atomic E-state index is 12.4. The number of hydrazone groups is 1. The number of oxime groups is 1. The lowest BCUT2D eigenvalue weighted by atomic mass is 10.0. The zero-order valence-corrected chi connectivity index (χ0v) is 15.8. The van der Waals surface area contributed by atoms with Crippen LogP contribution in [0.4, 0.5) is 0 Å². The van der Waals surface area contributed by atoms with Crippen molar-refractivity contribution in [1.29, 1.82) is 0 Å². The first-order chi connectivity index (χ1) is 13.2. The smallest absolute Gasteiger partial charge is 0.271 e. The molecule has 1 amide bonds. The number of nitrogens with one attached hydrogen (secondary N) is 1. The number of hydrogen-bond acceptors (Lipinski definition) is 4. The van der Waals surface area contributed by atoms with Gasteiger partial charge in [-0.15, -0.1) is 0 Å². The summed E-state index contributed by atoms with van der Waals surface area (Å²) in [5.41, 5.74) is 6.09. The van der Waals surface area contributed by atoms with Crippen molar-refractivity contribution in [2.75, 3.05) is 0 Å². The zero-order chi connectivity index (χ0) is 19.1. The van der Waals surface area contributed by atoms with Crippen molar-refractivity contribution < 1.29 is 10.0 Å². The molecule has 3 aromatic carbocycles. The molecule has 0 saturated carbocycles. The van der Waals surface area contributed by atoms with Gasteiger partial charge >= 0.3 is 0 Å². The van der Waals surface area contributed by atoms with Crippen LogP contribution in [0.5, 0.6) is 0 Å². The quantitative estimate of drug-likeness (QED) is 0.355. The molecule has 0 saturated heterocycles. The summed E-state index contributed by atoms with van der Waals surface area (Å²) in [6.07, 6.45) is 1.17. The first-order valence-corrected chi connectivity index (χ1v) is 8.94. The SMILES string of the molecule is O=C(N/N=C(\C=N/O)c1ccccc1Br)c1ccc(-c2ccccc2)cc1. The number of rotatable bonds is 5. The highest BCUT2D eigenvalue weighted by Gasteiger charge is 2.09. The molecule has 0 radical (unpaired) electrons. The standard InChI is InChI=1S/C21H16BrN3O2/c22-19-9-5-4-8-18(19)20(14-23-27)24-25-21(26)17-12-10-16(11-13-17)15-6-2-1-3-7-15/h1-14,27H,(H,25,26)/b23-14-,24-20+. The summed E-state index contributed by atoms with van der Waals surface area (Å²) in [5, 5.41) is 16.0. The Labute approximate surface area is 165 Å². The number of halogens is 1. The summed E-state index contributed by atoms with van der Waals surface area (Å²) < 4.78 is 0.769. The highest BCUT2D eigenvalue weighted by atomic mass is 79.9. The Hall–Kier alpha value is -3.25. The Kier molecular flexibility index (Phi) is 6.12. The second-order valence-electron chi connectivity index (χ2n) is 5.61. The first-order valence-electron chi connectivity index (χ1n) is 8.15. The van der Waals surface area contributed by atoms with Crippen LogP contribution < -0.4 is 5.43 Å². The molecular weight excluding hydrogens is 406 g/mol. The second kappa shape index (κ2) is 8.91. The Morgan fingerprint density at radius 1 is 0.889 bits per heavy atom. The lowest BCUT2D eigenvalue weighted by molar-refractivity contribution is 0.0955. The summed E-state index contributed by atoms with van der Waals surface area (Å²) in [7, 11) is 0. The van der Waals surface area contributed by atoms with E-state index in [1.165, 1.54) is 6.21 Å². The van der Waals surface area contributed by atoms with Crippen molar-refractivity contribution in [3.8, 4) is 11.1 Å². The lowest BCUT2D eigenvalue weighted by Gasteiger charge is -2.06. The average molecular weight is 422 g/mol. The molecular formula is C21H16BrN3O2. The third-order valence-corrected chi connectivity index (χ3v) is 4.55. The molecule has 0 aliphatic heterocycles. The van der Waals surface area contributed by atoms with Crippen LogP contribution >= 0.6 is 15.9 Å². The molecule has 0 aromatic heterocycles.